The highest BCUT2D eigenvalue weighted by Crippen LogP contribution is 2.18. The number of aliphatic hydroxyl groups is 2. The van der Waals surface area contributed by atoms with E-state index in [1.165, 1.54) is 0 Å². The van der Waals surface area contributed by atoms with Crippen molar-refractivity contribution in [2.24, 2.45) is 0 Å². The highest BCUT2D eigenvalue weighted by Gasteiger charge is 2.11. The summed E-state index contributed by atoms with van der Waals surface area (Å²) in [6.45, 7) is 1.25. The van der Waals surface area contributed by atoms with Gasteiger partial charge in [-0.05, 0) is 30.8 Å². The monoisotopic (exact) mass is 293 g/mol. The Balaban J connectivity index is 2.83. The molecule has 0 aliphatic carbocycles. The molecule has 5 heteroatoms. The lowest BCUT2D eigenvalue weighted by molar-refractivity contribution is 0.0418. The Morgan fingerprint density at radius 1 is 1.33 bits per heavy atom. The lowest BCUT2D eigenvalue weighted by Gasteiger charge is -2.21. The summed E-state index contributed by atoms with van der Waals surface area (Å²) >= 11 is 0. The van der Waals surface area contributed by atoms with Gasteiger partial charge in [-0.25, -0.2) is 0 Å². The molecule has 1 atom stereocenters. The molecule has 1 rings (SSSR count). The summed E-state index contributed by atoms with van der Waals surface area (Å²) in [7, 11) is 5.10. The SMILES string of the molecule is COCC(O)CN(C)Cc1cc(OC)ccc1C#CCO. The van der Waals surface area contributed by atoms with Crippen LogP contribution >= 0.6 is 0 Å². The van der Waals surface area contributed by atoms with Gasteiger partial charge >= 0.3 is 0 Å². The quantitative estimate of drug-likeness (QED) is 0.716. The third-order valence-corrected chi connectivity index (χ3v) is 2.94. The molecule has 0 radical (unpaired) electrons. The van der Waals surface area contributed by atoms with Crippen LogP contribution < -0.4 is 4.74 Å². The van der Waals surface area contributed by atoms with Gasteiger partial charge in [0.25, 0.3) is 0 Å². The minimum absolute atomic E-state index is 0.173. The smallest absolute Gasteiger partial charge is 0.119 e. The van der Waals surface area contributed by atoms with Gasteiger partial charge in [0.05, 0.1) is 19.8 Å². The number of aliphatic hydroxyl groups excluding tert-OH is 2. The van der Waals surface area contributed by atoms with Gasteiger partial charge in [-0.2, -0.15) is 0 Å². The van der Waals surface area contributed by atoms with E-state index in [9.17, 15) is 5.11 Å². The fraction of sp³-hybridized carbons (Fsp3) is 0.500. The highest BCUT2D eigenvalue weighted by atomic mass is 16.5. The number of hydrogen-bond acceptors (Lipinski definition) is 5. The first-order valence-electron chi connectivity index (χ1n) is 6.73. The Labute approximate surface area is 126 Å². The number of methoxy groups -OCH3 is 2. The second-order valence-corrected chi connectivity index (χ2v) is 4.79. The zero-order valence-corrected chi connectivity index (χ0v) is 12.8. The zero-order valence-electron chi connectivity index (χ0n) is 12.8. The van der Waals surface area contributed by atoms with E-state index in [1.54, 1.807) is 14.2 Å². The Kier molecular flexibility index (Phi) is 7.80. The molecule has 0 spiro atoms. The maximum atomic E-state index is 9.76. The van der Waals surface area contributed by atoms with Crippen molar-refractivity contribution in [3.05, 3.63) is 29.3 Å². The molecular formula is C16H23NO4. The van der Waals surface area contributed by atoms with Crippen molar-refractivity contribution < 1.29 is 19.7 Å². The first kappa shape index (κ1) is 17.5. The minimum Gasteiger partial charge on any atom is -0.497 e. The van der Waals surface area contributed by atoms with Crippen molar-refractivity contribution in [3.8, 4) is 17.6 Å². The Morgan fingerprint density at radius 2 is 2.10 bits per heavy atom. The van der Waals surface area contributed by atoms with E-state index in [-0.39, 0.29) is 6.61 Å². The Hall–Kier alpha value is -1.58. The number of hydrogen-bond donors (Lipinski definition) is 2. The molecule has 0 saturated carbocycles. The summed E-state index contributed by atoms with van der Waals surface area (Å²) in [6, 6.07) is 5.63. The summed E-state index contributed by atoms with van der Waals surface area (Å²) < 4.78 is 10.2. The molecule has 0 bridgehead atoms. The van der Waals surface area contributed by atoms with Crippen LogP contribution in [0.15, 0.2) is 18.2 Å². The average Bonchev–Trinajstić information content (AvgIpc) is 2.45. The van der Waals surface area contributed by atoms with Gasteiger partial charge in [-0.1, -0.05) is 11.8 Å². The maximum absolute atomic E-state index is 9.76. The predicted molar refractivity (Wildman–Crippen MR) is 81.2 cm³/mol. The van der Waals surface area contributed by atoms with Gasteiger partial charge in [0.1, 0.15) is 12.4 Å². The molecule has 0 aliphatic heterocycles. The molecule has 116 valence electrons. The molecular weight excluding hydrogens is 270 g/mol. The van der Waals surface area contributed by atoms with Crippen LogP contribution in [0, 0.1) is 11.8 Å². The molecule has 0 aromatic heterocycles. The van der Waals surface area contributed by atoms with E-state index in [0.717, 1.165) is 16.9 Å². The average molecular weight is 293 g/mol. The van der Waals surface area contributed by atoms with Crippen molar-refractivity contribution in [1.82, 2.24) is 4.90 Å². The number of benzene rings is 1. The van der Waals surface area contributed by atoms with E-state index in [1.807, 2.05) is 30.1 Å². The lowest BCUT2D eigenvalue weighted by Crippen LogP contribution is -2.31. The van der Waals surface area contributed by atoms with Crippen molar-refractivity contribution in [2.45, 2.75) is 12.6 Å². The first-order chi connectivity index (χ1) is 10.1. The topological polar surface area (TPSA) is 62.2 Å². The Bertz CT molecular complexity index is 493. The third kappa shape index (κ3) is 6.15. The maximum Gasteiger partial charge on any atom is 0.119 e. The van der Waals surface area contributed by atoms with Crippen molar-refractivity contribution >= 4 is 0 Å². The second-order valence-electron chi connectivity index (χ2n) is 4.79. The second kappa shape index (κ2) is 9.37. The Morgan fingerprint density at radius 3 is 2.71 bits per heavy atom. The summed E-state index contributed by atoms with van der Waals surface area (Å²) in [6.07, 6.45) is -0.530. The van der Waals surface area contributed by atoms with Gasteiger partial charge in [-0.15, -0.1) is 0 Å². The fourth-order valence-corrected chi connectivity index (χ4v) is 2.04. The predicted octanol–water partition coefficient (Wildman–Crippen LogP) is 0.478. The molecule has 0 saturated heterocycles. The van der Waals surface area contributed by atoms with E-state index < -0.39 is 6.10 Å². The highest BCUT2D eigenvalue weighted by molar-refractivity contribution is 5.45. The zero-order chi connectivity index (χ0) is 15.7. The van der Waals surface area contributed by atoms with Crippen LogP contribution in [0.25, 0.3) is 0 Å². The molecule has 0 amide bonds. The number of likely N-dealkylation sites (N-methyl/N-ethyl adjacent to an activating group) is 1. The number of nitrogens with zero attached hydrogens (tertiary/aromatic N) is 1. The molecule has 5 nitrogen and oxygen atoms in total. The van der Waals surface area contributed by atoms with Gasteiger partial charge in [0.15, 0.2) is 0 Å². The summed E-state index contributed by atoms with van der Waals surface area (Å²) in [5, 5.41) is 18.6. The van der Waals surface area contributed by atoms with Crippen LogP contribution in [0.5, 0.6) is 5.75 Å². The first-order valence-corrected chi connectivity index (χ1v) is 6.73. The molecule has 0 fully saturated rings. The molecule has 1 aromatic rings. The van der Waals surface area contributed by atoms with E-state index in [4.69, 9.17) is 14.6 Å². The molecule has 0 aliphatic rings. The normalized spacial score (nSPS) is 11.9. The number of rotatable bonds is 7. The van der Waals surface area contributed by atoms with Crippen molar-refractivity contribution in [1.29, 1.82) is 0 Å². The number of ether oxygens (including phenoxy) is 2. The third-order valence-electron chi connectivity index (χ3n) is 2.94. The lowest BCUT2D eigenvalue weighted by atomic mass is 10.1. The minimum atomic E-state index is -0.530. The van der Waals surface area contributed by atoms with Crippen LogP contribution in [-0.4, -0.2) is 62.2 Å². The van der Waals surface area contributed by atoms with Gasteiger partial charge in [-0.3, -0.25) is 4.90 Å². The summed E-state index contributed by atoms with van der Waals surface area (Å²) in [4.78, 5) is 1.99. The largest absolute Gasteiger partial charge is 0.497 e. The van der Waals surface area contributed by atoms with E-state index in [2.05, 4.69) is 11.8 Å². The van der Waals surface area contributed by atoms with E-state index >= 15 is 0 Å². The van der Waals surface area contributed by atoms with Crippen LogP contribution in [0.4, 0.5) is 0 Å². The van der Waals surface area contributed by atoms with Crippen molar-refractivity contribution in [2.75, 3.05) is 41.0 Å². The van der Waals surface area contributed by atoms with Crippen LogP contribution in [-0.2, 0) is 11.3 Å². The fourth-order valence-electron chi connectivity index (χ4n) is 2.04. The summed E-state index contributed by atoms with van der Waals surface area (Å²) in [5.74, 6) is 6.34. The molecule has 1 aromatic carbocycles. The molecule has 0 heterocycles. The van der Waals surface area contributed by atoms with Gasteiger partial charge < -0.3 is 19.7 Å². The van der Waals surface area contributed by atoms with Crippen molar-refractivity contribution in [3.63, 3.8) is 0 Å². The molecule has 21 heavy (non-hydrogen) atoms. The van der Waals surface area contributed by atoms with Crippen LogP contribution in [0.2, 0.25) is 0 Å². The van der Waals surface area contributed by atoms with Crippen LogP contribution in [0.1, 0.15) is 11.1 Å². The molecule has 2 N–H and O–H groups in total. The summed E-state index contributed by atoms with van der Waals surface area (Å²) in [5.41, 5.74) is 1.83. The standard InChI is InChI=1S/C16H23NO4/c1-17(11-15(19)12-20-2)10-14-9-16(21-3)7-6-13(14)5-4-8-18/h6-7,9,15,18-19H,8,10-12H2,1-3H3. The van der Waals surface area contributed by atoms with Gasteiger partial charge in [0.2, 0.25) is 0 Å². The van der Waals surface area contributed by atoms with Gasteiger partial charge in [0, 0.05) is 25.8 Å². The van der Waals surface area contributed by atoms with Crippen LogP contribution in [0.3, 0.4) is 0 Å². The van der Waals surface area contributed by atoms with E-state index in [0.29, 0.717) is 19.7 Å². The molecule has 1 unspecified atom stereocenters.